The number of aromatic nitrogens is 3. The number of nitrogens with two attached hydrogens (primary N) is 1. The highest BCUT2D eigenvalue weighted by molar-refractivity contribution is 5.98. The number of ether oxygens (including phenoxy) is 1. The Kier molecular flexibility index (Phi) is 5.09. The molecule has 1 aliphatic rings. The second-order valence-electron chi connectivity index (χ2n) is 5.80. The van der Waals surface area contributed by atoms with Gasteiger partial charge in [0.15, 0.2) is 5.82 Å². The third-order valence-corrected chi connectivity index (χ3v) is 4.10. The first-order chi connectivity index (χ1) is 12.5. The number of carbonyl (C=O) groups is 1. The molecule has 2 aromatic rings. The van der Waals surface area contributed by atoms with Crippen molar-refractivity contribution in [3.63, 3.8) is 0 Å². The lowest BCUT2D eigenvalue weighted by Gasteiger charge is -2.26. The molecule has 10 heteroatoms. The molecule has 1 saturated heterocycles. The standard InChI is InChI=1S/C16H16F2N6O2/c17-14(18)12-2-1-10(6-21-12)22-16-11(15(20)25)7-24(23-16)13-8-26-4-3-9(13)5-19/h1-2,6-7,9,13-14H,3-4,8H2,(H2,20,25)(H,22,23). The first kappa shape index (κ1) is 17.8. The maximum absolute atomic E-state index is 12.6. The van der Waals surface area contributed by atoms with E-state index in [4.69, 9.17) is 10.5 Å². The molecule has 26 heavy (non-hydrogen) atoms. The predicted molar refractivity (Wildman–Crippen MR) is 86.8 cm³/mol. The molecule has 1 fully saturated rings. The Labute approximate surface area is 147 Å². The van der Waals surface area contributed by atoms with Gasteiger partial charge in [-0.05, 0) is 18.6 Å². The largest absolute Gasteiger partial charge is 0.379 e. The van der Waals surface area contributed by atoms with Crippen LogP contribution in [-0.4, -0.2) is 33.9 Å². The molecule has 1 aliphatic heterocycles. The molecular weight excluding hydrogens is 346 g/mol. The van der Waals surface area contributed by atoms with Crippen molar-refractivity contribution in [1.82, 2.24) is 14.8 Å². The molecule has 2 aromatic heterocycles. The molecule has 2 unspecified atom stereocenters. The van der Waals surface area contributed by atoms with Gasteiger partial charge in [-0.25, -0.2) is 8.78 Å². The summed E-state index contributed by atoms with van der Waals surface area (Å²) in [5.41, 5.74) is 5.53. The molecule has 1 amide bonds. The van der Waals surface area contributed by atoms with Gasteiger partial charge in [0, 0.05) is 12.8 Å². The van der Waals surface area contributed by atoms with Crippen molar-refractivity contribution in [2.75, 3.05) is 18.5 Å². The van der Waals surface area contributed by atoms with Crippen molar-refractivity contribution in [3.05, 3.63) is 35.8 Å². The lowest BCUT2D eigenvalue weighted by atomic mass is 9.97. The van der Waals surface area contributed by atoms with Crippen molar-refractivity contribution >= 4 is 17.4 Å². The van der Waals surface area contributed by atoms with Gasteiger partial charge in [0.25, 0.3) is 12.3 Å². The lowest BCUT2D eigenvalue weighted by Crippen LogP contribution is -2.29. The van der Waals surface area contributed by atoms with Crippen molar-refractivity contribution in [2.45, 2.75) is 18.9 Å². The maximum atomic E-state index is 12.6. The Balaban J connectivity index is 1.88. The average molecular weight is 362 g/mol. The smallest absolute Gasteiger partial charge is 0.280 e. The summed E-state index contributed by atoms with van der Waals surface area (Å²) in [6.45, 7) is 0.786. The minimum atomic E-state index is -2.67. The number of nitrogens with one attached hydrogen (secondary N) is 1. The number of alkyl halides is 2. The van der Waals surface area contributed by atoms with E-state index in [0.717, 1.165) is 0 Å². The van der Waals surface area contributed by atoms with E-state index in [1.165, 1.54) is 29.2 Å². The highest BCUT2D eigenvalue weighted by Crippen LogP contribution is 2.28. The number of carbonyl (C=O) groups excluding carboxylic acids is 1. The molecule has 3 heterocycles. The highest BCUT2D eigenvalue weighted by atomic mass is 19.3. The van der Waals surface area contributed by atoms with Crippen LogP contribution in [0.5, 0.6) is 0 Å². The van der Waals surface area contributed by atoms with Crippen LogP contribution in [0, 0.1) is 17.2 Å². The first-order valence-corrected chi connectivity index (χ1v) is 7.87. The second-order valence-corrected chi connectivity index (χ2v) is 5.80. The SMILES string of the molecule is N#CC1CCOCC1n1cc(C(N)=O)c(Nc2ccc(C(F)F)nc2)n1. The number of anilines is 2. The van der Waals surface area contributed by atoms with Gasteiger partial charge in [-0.3, -0.25) is 14.5 Å². The molecule has 0 saturated carbocycles. The quantitative estimate of drug-likeness (QED) is 0.841. The van der Waals surface area contributed by atoms with Gasteiger partial charge in [-0.2, -0.15) is 10.4 Å². The number of pyridine rings is 1. The first-order valence-electron chi connectivity index (χ1n) is 7.87. The van der Waals surface area contributed by atoms with Crippen molar-refractivity contribution < 1.29 is 18.3 Å². The van der Waals surface area contributed by atoms with Crippen LogP contribution in [-0.2, 0) is 4.74 Å². The normalized spacial score (nSPS) is 19.9. The van der Waals surface area contributed by atoms with Crippen LogP contribution < -0.4 is 11.1 Å². The fourth-order valence-electron chi connectivity index (χ4n) is 2.71. The summed E-state index contributed by atoms with van der Waals surface area (Å²) in [5.74, 6) is -0.850. The van der Waals surface area contributed by atoms with E-state index in [1.807, 2.05) is 0 Å². The van der Waals surface area contributed by atoms with Crippen molar-refractivity contribution in [3.8, 4) is 6.07 Å². The summed E-state index contributed by atoms with van der Waals surface area (Å²) in [4.78, 5) is 15.4. The number of nitriles is 1. The van der Waals surface area contributed by atoms with E-state index in [2.05, 4.69) is 21.5 Å². The molecule has 3 N–H and O–H groups in total. The summed E-state index contributed by atoms with van der Waals surface area (Å²) in [6.07, 6.45) is 0.565. The monoisotopic (exact) mass is 362 g/mol. The molecule has 3 rings (SSSR count). The van der Waals surface area contributed by atoms with E-state index >= 15 is 0 Å². The zero-order valence-electron chi connectivity index (χ0n) is 13.6. The Bertz CT molecular complexity index is 830. The Hall–Kier alpha value is -3.06. The molecule has 0 aromatic carbocycles. The summed E-state index contributed by atoms with van der Waals surface area (Å²) < 4.78 is 32.0. The van der Waals surface area contributed by atoms with Gasteiger partial charge in [0.1, 0.15) is 11.3 Å². The zero-order valence-corrected chi connectivity index (χ0v) is 13.6. The third kappa shape index (κ3) is 3.62. The number of halogens is 2. The number of nitrogens with zero attached hydrogens (tertiary/aromatic N) is 4. The summed E-state index contributed by atoms with van der Waals surface area (Å²) >= 11 is 0. The molecule has 2 atom stereocenters. The fraction of sp³-hybridized carbons (Fsp3) is 0.375. The number of primary amides is 1. The molecule has 8 nitrogen and oxygen atoms in total. The number of hydrogen-bond donors (Lipinski definition) is 2. The Morgan fingerprint density at radius 2 is 2.31 bits per heavy atom. The number of amides is 1. The highest BCUT2D eigenvalue weighted by Gasteiger charge is 2.29. The van der Waals surface area contributed by atoms with E-state index in [9.17, 15) is 18.8 Å². The molecule has 0 aliphatic carbocycles. The topological polar surface area (TPSA) is 119 Å². The van der Waals surface area contributed by atoms with Gasteiger partial charge < -0.3 is 15.8 Å². The zero-order chi connectivity index (χ0) is 18.7. The van der Waals surface area contributed by atoms with Crippen LogP contribution >= 0.6 is 0 Å². The van der Waals surface area contributed by atoms with Crippen LogP contribution in [0.2, 0.25) is 0 Å². The van der Waals surface area contributed by atoms with Crippen LogP contribution in [0.25, 0.3) is 0 Å². The molecule has 0 bridgehead atoms. The van der Waals surface area contributed by atoms with Crippen LogP contribution in [0.4, 0.5) is 20.3 Å². The summed E-state index contributed by atoms with van der Waals surface area (Å²) in [7, 11) is 0. The minimum Gasteiger partial charge on any atom is -0.379 e. The Morgan fingerprint density at radius 1 is 1.50 bits per heavy atom. The van der Waals surface area contributed by atoms with E-state index in [1.54, 1.807) is 0 Å². The summed E-state index contributed by atoms with van der Waals surface area (Å²) in [5, 5.41) is 16.4. The van der Waals surface area contributed by atoms with Gasteiger partial charge in [-0.15, -0.1) is 0 Å². The van der Waals surface area contributed by atoms with Crippen molar-refractivity contribution in [2.24, 2.45) is 11.7 Å². The minimum absolute atomic E-state index is 0.116. The van der Waals surface area contributed by atoms with Gasteiger partial charge in [0.2, 0.25) is 0 Å². The van der Waals surface area contributed by atoms with Crippen LogP contribution in [0.15, 0.2) is 24.5 Å². The van der Waals surface area contributed by atoms with Gasteiger partial charge in [-0.1, -0.05) is 0 Å². The van der Waals surface area contributed by atoms with Crippen molar-refractivity contribution in [1.29, 1.82) is 5.26 Å². The number of rotatable bonds is 5. The van der Waals surface area contributed by atoms with Crippen LogP contribution in [0.3, 0.4) is 0 Å². The Morgan fingerprint density at radius 3 is 2.92 bits per heavy atom. The van der Waals surface area contributed by atoms with Crippen LogP contribution in [0.1, 0.15) is 34.9 Å². The van der Waals surface area contributed by atoms with Gasteiger partial charge >= 0.3 is 0 Å². The summed E-state index contributed by atoms with van der Waals surface area (Å²) in [6, 6.07) is 4.45. The molecule has 136 valence electrons. The fourth-order valence-corrected chi connectivity index (χ4v) is 2.71. The van der Waals surface area contributed by atoms with E-state index in [-0.39, 0.29) is 29.0 Å². The van der Waals surface area contributed by atoms with E-state index in [0.29, 0.717) is 25.3 Å². The predicted octanol–water partition coefficient (Wildman–Crippen LogP) is 2.16. The molecule has 0 spiro atoms. The van der Waals surface area contributed by atoms with E-state index < -0.39 is 12.3 Å². The molecular formula is C16H16F2N6O2. The third-order valence-electron chi connectivity index (χ3n) is 4.10. The lowest BCUT2D eigenvalue weighted by molar-refractivity contribution is 0.0342. The molecule has 0 radical (unpaired) electrons. The maximum Gasteiger partial charge on any atom is 0.280 e. The second kappa shape index (κ2) is 7.45. The average Bonchev–Trinajstić information content (AvgIpc) is 3.06. The van der Waals surface area contributed by atoms with Gasteiger partial charge in [0.05, 0.1) is 36.5 Å². The number of hydrogen-bond acceptors (Lipinski definition) is 6.